The number of hydrogen-bond acceptors (Lipinski definition) is 5. The highest BCUT2D eigenvalue weighted by molar-refractivity contribution is 5.92. The molecule has 3 rings (SSSR count). The van der Waals surface area contributed by atoms with Crippen molar-refractivity contribution < 1.29 is 9.13 Å². The second-order valence-electron chi connectivity index (χ2n) is 4.33. The molecule has 0 spiro atoms. The normalized spacial score (nSPS) is 28.6. The van der Waals surface area contributed by atoms with Gasteiger partial charge in [-0.15, -0.1) is 0 Å². The van der Waals surface area contributed by atoms with Gasteiger partial charge in [0.1, 0.15) is 6.04 Å². The number of nitrogens with two attached hydrogens (primary N) is 1. The summed E-state index contributed by atoms with van der Waals surface area (Å²) in [6.07, 6.45) is 2.78. The van der Waals surface area contributed by atoms with E-state index in [1.807, 2.05) is 0 Å². The molecule has 1 aromatic heterocycles. The molecule has 100 valence electrons. The van der Waals surface area contributed by atoms with Crippen LogP contribution in [0.5, 0.6) is 0 Å². The lowest BCUT2D eigenvalue weighted by molar-refractivity contribution is 0.0129. The minimum absolute atomic E-state index is 0.111. The van der Waals surface area contributed by atoms with Crippen LogP contribution in [0.3, 0.4) is 0 Å². The van der Waals surface area contributed by atoms with Crippen molar-refractivity contribution >= 4 is 12.3 Å². The highest BCUT2D eigenvalue weighted by atomic mass is 19.1. The molecule has 1 unspecified atom stereocenters. The fourth-order valence-electron chi connectivity index (χ4n) is 1.78. The van der Waals surface area contributed by atoms with Crippen molar-refractivity contribution in [2.75, 3.05) is 13.2 Å². The number of hydrogen-bond donors (Lipinski definition) is 3. The van der Waals surface area contributed by atoms with Crippen LogP contribution >= 0.6 is 0 Å². The number of rotatable bonds is 2. The summed E-state index contributed by atoms with van der Waals surface area (Å²) < 4.78 is 18.2. The van der Waals surface area contributed by atoms with Gasteiger partial charge in [-0.3, -0.25) is 5.73 Å². The van der Waals surface area contributed by atoms with Gasteiger partial charge in [-0.05, 0) is 6.07 Å². The minimum Gasteiger partial charge on any atom is -0.377 e. The molecule has 0 saturated carbocycles. The van der Waals surface area contributed by atoms with Gasteiger partial charge >= 0.3 is 0 Å². The first kappa shape index (κ1) is 12.0. The van der Waals surface area contributed by atoms with Crippen molar-refractivity contribution in [3.05, 3.63) is 29.8 Å². The maximum absolute atomic E-state index is 13.2. The average Bonchev–Trinajstić information content (AvgIpc) is 2.34. The largest absolute Gasteiger partial charge is 0.377 e. The van der Waals surface area contributed by atoms with Gasteiger partial charge < -0.3 is 15.4 Å². The van der Waals surface area contributed by atoms with Crippen LogP contribution < -0.4 is 16.4 Å². The molecule has 3 heterocycles. The third-order valence-corrected chi connectivity index (χ3v) is 2.88. The van der Waals surface area contributed by atoms with Crippen molar-refractivity contribution in [2.45, 2.75) is 11.8 Å². The SMILES string of the molecule is NC1(c2ccnc(F)c2)N=CNC(=NC2COC2)N1. The number of aliphatic imine (C=N–C) groups is 2. The van der Waals surface area contributed by atoms with E-state index in [0.717, 1.165) is 0 Å². The fourth-order valence-corrected chi connectivity index (χ4v) is 1.78. The van der Waals surface area contributed by atoms with E-state index in [1.54, 1.807) is 6.07 Å². The standard InChI is InChI=1S/C11H13FN6O/c12-9-3-7(1-2-14-9)11(13)16-6-15-10(18-11)17-8-4-19-5-8/h1-3,6,8H,4-5,13H2,(H2,15,16,17,18). The Morgan fingerprint density at radius 1 is 1.53 bits per heavy atom. The van der Waals surface area contributed by atoms with E-state index < -0.39 is 11.7 Å². The summed E-state index contributed by atoms with van der Waals surface area (Å²) in [7, 11) is 0. The Labute approximate surface area is 108 Å². The Kier molecular flexibility index (Phi) is 2.88. The van der Waals surface area contributed by atoms with Crippen molar-refractivity contribution in [1.82, 2.24) is 15.6 Å². The van der Waals surface area contributed by atoms with E-state index in [1.165, 1.54) is 18.6 Å². The van der Waals surface area contributed by atoms with Gasteiger partial charge in [0, 0.05) is 17.8 Å². The summed E-state index contributed by atoms with van der Waals surface area (Å²) in [6, 6.07) is 2.95. The first-order valence-corrected chi connectivity index (χ1v) is 5.80. The maximum Gasteiger partial charge on any atom is 0.213 e. The second-order valence-corrected chi connectivity index (χ2v) is 4.33. The van der Waals surface area contributed by atoms with Crippen molar-refractivity contribution in [1.29, 1.82) is 0 Å². The fraction of sp³-hybridized carbons (Fsp3) is 0.364. The van der Waals surface area contributed by atoms with Gasteiger partial charge in [-0.1, -0.05) is 0 Å². The maximum atomic E-state index is 13.2. The zero-order chi connectivity index (χ0) is 13.3. The van der Waals surface area contributed by atoms with Gasteiger partial charge in [0.2, 0.25) is 11.7 Å². The smallest absolute Gasteiger partial charge is 0.213 e. The first-order chi connectivity index (χ1) is 9.16. The molecule has 1 atom stereocenters. The Morgan fingerprint density at radius 3 is 3.05 bits per heavy atom. The monoisotopic (exact) mass is 264 g/mol. The molecule has 2 aliphatic heterocycles. The van der Waals surface area contributed by atoms with E-state index in [0.29, 0.717) is 24.7 Å². The van der Waals surface area contributed by atoms with Crippen LogP contribution in [-0.4, -0.2) is 36.5 Å². The molecule has 0 amide bonds. The lowest BCUT2D eigenvalue weighted by atomic mass is 10.1. The summed E-state index contributed by atoms with van der Waals surface area (Å²) in [5.74, 6) is -1.37. The number of nitrogens with one attached hydrogen (secondary N) is 2. The van der Waals surface area contributed by atoms with Gasteiger partial charge in [-0.2, -0.15) is 4.39 Å². The molecule has 7 nitrogen and oxygen atoms in total. The number of aromatic nitrogens is 1. The van der Waals surface area contributed by atoms with E-state index in [2.05, 4.69) is 25.6 Å². The summed E-state index contributed by atoms with van der Waals surface area (Å²) in [4.78, 5) is 12.0. The van der Waals surface area contributed by atoms with E-state index in [9.17, 15) is 4.39 Å². The molecule has 1 fully saturated rings. The summed E-state index contributed by atoms with van der Waals surface area (Å²) in [6.45, 7) is 1.18. The molecule has 0 aromatic carbocycles. The highest BCUT2D eigenvalue weighted by Gasteiger charge is 2.31. The quantitative estimate of drug-likeness (QED) is 0.612. The Hall–Kier alpha value is -2.06. The molecular formula is C11H13FN6O. The molecule has 1 aromatic rings. The number of nitrogens with zero attached hydrogens (tertiary/aromatic N) is 3. The van der Waals surface area contributed by atoms with E-state index >= 15 is 0 Å². The Morgan fingerprint density at radius 2 is 2.37 bits per heavy atom. The number of halogens is 1. The van der Waals surface area contributed by atoms with Gasteiger partial charge in [0.15, 0.2) is 5.96 Å². The molecule has 4 N–H and O–H groups in total. The molecule has 2 aliphatic rings. The molecular weight excluding hydrogens is 251 g/mol. The van der Waals surface area contributed by atoms with Crippen LogP contribution in [0.1, 0.15) is 5.56 Å². The van der Waals surface area contributed by atoms with Crippen LogP contribution in [0.15, 0.2) is 28.3 Å². The van der Waals surface area contributed by atoms with Crippen LogP contribution in [0.25, 0.3) is 0 Å². The van der Waals surface area contributed by atoms with Gasteiger partial charge in [-0.25, -0.2) is 15.0 Å². The summed E-state index contributed by atoms with van der Waals surface area (Å²) in [5.41, 5.74) is 6.59. The van der Waals surface area contributed by atoms with Crippen molar-refractivity contribution in [3.8, 4) is 0 Å². The number of pyridine rings is 1. The second kappa shape index (κ2) is 4.56. The highest BCUT2D eigenvalue weighted by Crippen LogP contribution is 2.18. The molecule has 19 heavy (non-hydrogen) atoms. The summed E-state index contributed by atoms with van der Waals surface area (Å²) >= 11 is 0. The molecule has 0 aliphatic carbocycles. The van der Waals surface area contributed by atoms with E-state index in [-0.39, 0.29) is 6.04 Å². The van der Waals surface area contributed by atoms with Gasteiger partial charge in [0.25, 0.3) is 0 Å². The summed E-state index contributed by atoms with van der Waals surface area (Å²) in [5, 5.41) is 5.80. The zero-order valence-corrected chi connectivity index (χ0v) is 10.0. The van der Waals surface area contributed by atoms with Crippen LogP contribution in [0, 0.1) is 5.95 Å². The van der Waals surface area contributed by atoms with Crippen LogP contribution in [0.4, 0.5) is 4.39 Å². The zero-order valence-electron chi connectivity index (χ0n) is 10.0. The lowest BCUT2D eigenvalue weighted by Crippen LogP contribution is -2.59. The molecule has 0 bridgehead atoms. The Balaban J connectivity index is 1.85. The van der Waals surface area contributed by atoms with Crippen molar-refractivity contribution in [3.63, 3.8) is 0 Å². The number of guanidine groups is 1. The number of ether oxygens (including phenoxy) is 1. The van der Waals surface area contributed by atoms with Crippen LogP contribution in [0.2, 0.25) is 0 Å². The van der Waals surface area contributed by atoms with E-state index in [4.69, 9.17) is 10.5 Å². The first-order valence-electron chi connectivity index (χ1n) is 5.80. The van der Waals surface area contributed by atoms with Crippen molar-refractivity contribution in [2.24, 2.45) is 15.7 Å². The average molecular weight is 264 g/mol. The predicted molar refractivity (Wildman–Crippen MR) is 66.9 cm³/mol. The Bertz CT molecular complexity index is 544. The predicted octanol–water partition coefficient (Wildman–Crippen LogP) is -0.734. The molecule has 0 radical (unpaired) electrons. The molecule has 1 saturated heterocycles. The van der Waals surface area contributed by atoms with Crippen LogP contribution in [-0.2, 0) is 10.5 Å². The minimum atomic E-state index is -1.25. The van der Waals surface area contributed by atoms with Gasteiger partial charge in [0.05, 0.1) is 19.6 Å². The molecule has 8 heteroatoms. The third kappa shape index (κ3) is 2.40. The topological polar surface area (TPSA) is 96.9 Å². The third-order valence-electron chi connectivity index (χ3n) is 2.88. The lowest BCUT2D eigenvalue weighted by Gasteiger charge is -2.32.